The molecule has 32 heavy (non-hydrogen) atoms. The van der Waals surface area contributed by atoms with Gasteiger partial charge in [0, 0.05) is 0 Å². The van der Waals surface area contributed by atoms with E-state index in [-0.39, 0.29) is 0 Å². The van der Waals surface area contributed by atoms with Crippen molar-refractivity contribution in [3.05, 3.63) is 47.0 Å². The van der Waals surface area contributed by atoms with Gasteiger partial charge in [0.1, 0.15) is 6.10 Å². The summed E-state index contributed by atoms with van der Waals surface area (Å²) in [6, 6.07) is 2.12. The summed E-state index contributed by atoms with van der Waals surface area (Å²) in [4.78, 5) is 0. The number of ether oxygens (including phenoxy) is 1. The summed E-state index contributed by atoms with van der Waals surface area (Å²) >= 11 is 0. The van der Waals surface area contributed by atoms with Gasteiger partial charge in [-0.05, 0) is 98.3 Å². The topological polar surface area (TPSA) is 9.23 Å². The van der Waals surface area contributed by atoms with E-state index >= 15 is 0 Å². The third-order valence-corrected chi connectivity index (χ3v) is 8.53. The minimum Gasteiger partial charge on any atom is -0.493 e. The standard InChI is InChI=1S/C28H39F3O/c1-2-3-4-5-19-6-8-20(9-7-19)21-10-12-22(13-11-21)23-14-15-27(32-18-23)24-16-25(29)28(31)26(30)17-24/h16-22,27H,2-15H2,1H3. The van der Waals surface area contributed by atoms with Gasteiger partial charge in [-0.25, -0.2) is 13.2 Å². The molecule has 4 heteroatoms. The molecule has 1 nitrogen and oxygen atoms in total. The van der Waals surface area contributed by atoms with Gasteiger partial charge in [-0.3, -0.25) is 0 Å². The van der Waals surface area contributed by atoms with Gasteiger partial charge in [0.05, 0.1) is 6.26 Å². The van der Waals surface area contributed by atoms with E-state index in [1.54, 1.807) is 0 Å². The number of halogens is 3. The largest absolute Gasteiger partial charge is 0.493 e. The predicted molar refractivity (Wildman–Crippen MR) is 122 cm³/mol. The maximum atomic E-state index is 13.6. The lowest BCUT2D eigenvalue weighted by Gasteiger charge is -2.39. The highest BCUT2D eigenvalue weighted by Crippen LogP contribution is 2.45. The van der Waals surface area contributed by atoms with Crippen LogP contribution in [0.4, 0.5) is 13.2 Å². The molecule has 1 aliphatic heterocycles. The zero-order chi connectivity index (χ0) is 22.5. The van der Waals surface area contributed by atoms with Gasteiger partial charge in [0.15, 0.2) is 17.5 Å². The van der Waals surface area contributed by atoms with Crippen LogP contribution in [0.1, 0.15) is 108 Å². The fourth-order valence-corrected chi connectivity index (χ4v) is 6.49. The molecule has 0 amide bonds. The van der Waals surface area contributed by atoms with Crippen molar-refractivity contribution in [2.75, 3.05) is 0 Å². The van der Waals surface area contributed by atoms with Crippen LogP contribution < -0.4 is 0 Å². The summed E-state index contributed by atoms with van der Waals surface area (Å²) in [5.74, 6) is -0.316. The Morgan fingerprint density at radius 2 is 1.44 bits per heavy atom. The quantitative estimate of drug-likeness (QED) is 0.299. The van der Waals surface area contributed by atoms with Crippen LogP contribution in [-0.4, -0.2) is 0 Å². The van der Waals surface area contributed by atoms with Crippen molar-refractivity contribution in [1.29, 1.82) is 0 Å². The average molecular weight is 449 g/mol. The summed E-state index contributed by atoms with van der Waals surface area (Å²) < 4.78 is 46.2. The van der Waals surface area contributed by atoms with E-state index in [4.69, 9.17) is 4.74 Å². The van der Waals surface area contributed by atoms with Crippen LogP contribution >= 0.6 is 0 Å². The number of hydrogen-bond donors (Lipinski definition) is 0. The maximum Gasteiger partial charge on any atom is 0.194 e. The molecule has 0 radical (unpaired) electrons. The molecule has 1 aromatic rings. The maximum absolute atomic E-state index is 13.6. The first kappa shape index (κ1) is 23.7. The van der Waals surface area contributed by atoms with E-state index in [1.807, 2.05) is 6.26 Å². The molecule has 178 valence electrons. The Morgan fingerprint density at radius 3 is 2.00 bits per heavy atom. The normalized spacial score (nSPS) is 31.1. The first-order valence-electron chi connectivity index (χ1n) is 13.0. The molecule has 0 bridgehead atoms. The highest BCUT2D eigenvalue weighted by atomic mass is 19.2. The van der Waals surface area contributed by atoms with Gasteiger partial charge in [-0.1, -0.05) is 45.4 Å². The fraction of sp³-hybridized carbons (Fsp3) is 0.714. The summed E-state index contributed by atoms with van der Waals surface area (Å²) in [5.41, 5.74) is 1.73. The molecule has 1 heterocycles. The second kappa shape index (κ2) is 11.1. The van der Waals surface area contributed by atoms with Crippen LogP contribution in [0.15, 0.2) is 24.0 Å². The lowest BCUT2D eigenvalue weighted by atomic mass is 9.67. The zero-order valence-corrected chi connectivity index (χ0v) is 19.6. The lowest BCUT2D eigenvalue weighted by Crippen LogP contribution is -2.27. The van der Waals surface area contributed by atoms with Crippen LogP contribution in [0.5, 0.6) is 0 Å². The van der Waals surface area contributed by atoms with Crippen molar-refractivity contribution >= 4 is 0 Å². The Kier molecular flexibility index (Phi) is 8.23. The number of benzene rings is 1. The van der Waals surface area contributed by atoms with Crippen molar-refractivity contribution in [2.45, 2.75) is 103 Å². The molecule has 1 aromatic carbocycles. The first-order chi connectivity index (χ1) is 15.5. The Morgan fingerprint density at radius 1 is 0.812 bits per heavy atom. The third-order valence-electron chi connectivity index (χ3n) is 8.53. The molecule has 0 saturated heterocycles. The average Bonchev–Trinajstić information content (AvgIpc) is 2.83. The predicted octanol–water partition coefficient (Wildman–Crippen LogP) is 9.03. The molecule has 1 unspecified atom stereocenters. The van der Waals surface area contributed by atoms with Crippen molar-refractivity contribution in [3.63, 3.8) is 0 Å². The molecule has 0 N–H and O–H groups in total. The van der Waals surface area contributed by atoms with E-state index in [0.29, 0.717) is 17.9 Å². The molecule has 1 atom stereocenters. The number of allylic oxidation sites excluding steroid dienone is 1. The van der Waals surface area contributed by atoms with E-state index in [2.05, 4.69) is 6.92 Å². The minimum atomic E-state index is -1.41. The number of unbranched alkanes of at least 4 members (excludes halogenated alkanes) is 2. The van der Waals surface area contributed by atoms with E-state index in [1.165, 1.54) is 82.6 Å². The Bertz CT molecular complexity index is 750. The van der Waals surface area contributed by atoms with Crippen molar-refractivity contribution in [3.8, 4) is 0 Å². The van der Waals surface area contributed by atoms with Gasteiger partial charge >= 0.3 is 0 Å². The molecule has 2 saturated carbocycles. The van der Waals surface area contributed by atoms with Crippen LogP contribution in [-0.2, 0) is 4.74 Å². The Labute approximate surface area is 191 Å². The van der Waals surface area contributed by atoms with Crippen LogP contribution in [0.3, 0.4) is 0 Å². The van der Waals surface area contributed by atoms with Gasteiger partial charge in [0.2, 0.25) is 0 Å². The second-order valence-corrected chi connectivity index (χ2v) is 10.5. The van der Waals surface area contributed by atoms with Crippen LogP contribution in [0, 0.1) is 41.1 Å². The van der Waals surface area contributed by atoms with Gasteiger partial charge in [0.25, 0.3) is 0 Å². The smallest absolute Gasteiger partial charge is 0.194 e. The SMILES string of the molecule is CCCCCC1CCC(C2CCC(C3=COC(c4cc(F)c(F)c(F)c4)CC3)CC2)CC1. The van der Waals surface area contributed by atoms with E-state index in [0.717, 1.165) is 36.3 Å². The Hall–Kier alpha value is -1.45. The zero-order valence-electron chi connectivity index (χ0n) is 19.6. The summed E-state index contributed by atoms with van der Waals surface area (Å²) in [6.45, 7) is 2.29. The third kappa shape index (κ3) is 5.72. The number of rotatable bonds is 7. The lowest BCUT2D eigenvalue weighted by molar-refractivity contribution is 0.107. The second-order valence-electron chi connectivity index (χ2n) is 10.5. The number of hydrogen-bond acceptors (Lipinski definition) is 1. The summed E-state index contributed by atoms with van der Waals surface area (Å²) in [7, 11) is 0. The van der Waals surface area contributed by atoms with Crippen molar-refractivity contribution in [1.82, 2.24) is 0 Å². The van der Waals surface area contributed by atoms with Crippen molar-refractivity contribution in [2.24, 2.45) is 23.7 Å². The van der Waals surface area contributed by atoms with Crippen molar-refractivity contribution < 1.29 is 17.9 Å². The molecule has 0 aromatic heterocycles. The molecular weight excluding hydrogens is 409 g/mol. The molecule has 2 aliphatic carbocycles. The monoisotopic (exact) mass is 448 g/mol. The van der Waals surface area contributed by atoms with Gasteiger partial charge < -0.3 is 4.74 Å². The Balaban J connectivity index is 1.22. The van der Waals surface area contributed by atoms with Crippen LogP contribution in [0.2, 0.25) is 0 Å². The summed E-state index contributed by atoms with van der Waals surface area (Å²) in [6.07, 6.45) is 19.5. The fourth-order valence-electron chi connectivity index (χ4n) is 6.49. The van der Waals surface area contributed by atoms with Gasteiger partial charge in [-0.15, -0.1) is 0 Å². The van der Waals surface area contributed by atoms with Gasteiger partial charge in [-0.2, -0.15) is 0 Å². The molecule has 4 rings (SSSR count). The van der Waals surface area contributed by atoms with Crippen LogP contribution in [0.25, 0.3) is 0 Å². The molecule has 2 fully saturated rings. The highest BCUT2D eigenvalue weighted by molar-refractivity contribution is 5.23. The first-order valence-corrected chi connectivity index (χ1v) is 13.0. The molecular formula is C28H39F3O. The summed E-state index contributed by atoms with van der Waals surface area (Å²) in [5, 5.41) is 0. The highest BCUT2D eigenvalue weighted by Gasteiger charge is 2.33. The molecule has 0 spiro atoms. The van der Waals surface area contributed by atoms with E-state index in [9.17, 15) is 13.2 Å². The van der Waals surface area contributed by atoms with E-state index < -0.39 is 23.6 Å². The minimum absolute atomic E-state index is 0.380. The molecule has 3 aliphatic rings.